The molecule has 31 heavy (non-hydrogen) atoms. The van der Waals surface area contributed by atoms with Crippen molar-refractivity contribution in [3.63, 3.8) is 0 Å². The Morgan fingerprint density at radius 3 is 2.03 bits per heavy atom. The van der Waals surface area contributed by atoms with E-state index in [1.54, 1.807) is 30.3 Å². The van der Waals surface area contributed by atoms with E-state index in [1.165, 1.54) is 18.2 Å². The van der Waals surface area contributed by atoms with Gasteiger partial charge in [0, 0.05) is 10.8 Å². The van der Waals surface area contributed by atoms with Crippen LogP contribution in [0.15, 0.2) is 86.7 Å². The lowest BCUT2D eigenvalue weighted by molar-refractivity contribution is 0.477. The Bertz CT molecular complexity index is 1600. The largest absolute Gasteiger partial charge is 0.506 e. The van der Waals surface area contributed by atoms with Crippen LogP contribution in [0.25, 0.3) is 21.5 Å². The lowest BCUT2D eigenvalue weighted by Crippen LogP contribution is -2.01. The van der Waals surface area contributed by atoms with Gasteiger partial charge >= 0.3 is 0 Å². The number of fused-ring (bicyclic) bond motifs is 2. The van der Waals surface area contributed by atoms with Crippen molar-refractivity contribution >= 4 is 53.2 Å². The minimum Gasteiger partial charge on any atom is -0.506 e. The number of aromatic hydroxyl groups is 1. The molecule has 0 spiro atoms. The monoisotopic (exact) mass is 458 g/mol. The van der Waals surface area contributed by atoms with Crippen LogP contribution in [0.1, 0.15) is 0 Å². The highest BCUT2D eigenvalue weighted by Crippen LogP contribution is 2.38. The Hall–Kier alpha value is -3.38. The van der Waals surface area contributed by atoms with Crippen LogP contribution < -0.4 is 0 Å². The first-order valence-electron chi connectivity index (χ1n) is 8.70. The van der Waals surface area contributed by atoms with Crippen LogP contribution in [0, 0.1) is 0 Å². The molecule has 4 rings (SSSR count). The molecule has 0 fully saturated rings. The molecule has 0 aliphatic rings. The molecule has 158 valence electrons. The molecule has 0 aliphatic heterocycles. The van der Waals surface area contributed by atoms with E-state index in [2.05, 4.69) is 10.2 Å². The van der Waals surface area contributed by atoms with Crippen LogP contribution in [0.4, 0.5) is 11.4 Å². The first-order chi connectivity index (χ1) is 14.6. The van der Waals surface area contributed by atoms with Gasteiger partial charge in [0.15, 0.2) is 0 Å². The summed E-state index contributed by atoms with van der Waals surface area (Å²) in [5.41, 5.74) is -0.319. The van der Waals surface area contributed by atoms with E-state index >= 15 is 0 Å². The highest BCUT2D eigenvalue weighted by molar-refractivity contribution is 7.86. The zero-order valence-corrected chi connectivity index (χ0v) is 17.2. The molecule has 0 heterocycles. The van der Waals surface area contributed by atoms with Crippen molar-refractivity contribution in [1.82, 2.24) is 0 Å². The van der Waals surface area contributed by atoms with Crippen molar-refractivity contribution in [2.75, 3.05) is 0 Å². The number of hydrogen-bond donors (Lipinski definition) is 3. The molecule has 0 aliphatic carbocycles. The molecule has 0 bridgehead atoms. The van der Waals surface area contributed by atoms with Gasteiger partial charge in [-0.1, -0.05) is 42.5 Å². The van der Waals surface area contributed by atoms with Crippen molar-refractivity contribution in [3.05, 3.63) is 66.7 Å². The average Bonchev–Trinajstić information content (AvgIpc) is 2.70. The minimum atomic E-state index is -4.76. The fraction of sp³-hybridized carbons (Fsp3) is 0. The summed E-state index contributed by atoms with van der Waals surface area (Å²) in [5, 5.41) is 19.4. The van der Waals surface area contributed by atoms with Crippen molar-refractivity contribution in [1.29, 1.82) is 0 Å². The van der Waals surface area contributed by atoms with Crippen LogP contribution >= 0.6 is 0 Å². The summed E-state index contributed by atoms with van der Waals surface area (Å²) < 4.78 is 66.4. The normalized spacial score (nSPS) is 12.7. The number of phenols is 1. The Morgan fingerprint density at radius 1 is 0.645 bits per heavy atom. The zero-order chi connectivity index (χ0) is 22.4. The molecule has 11 heteroatoms. The first kappa shape index (κ1) is 20.9. The standard InChI is InChI=1S/C20H14N2O7S2/c23-17-9-8-12-4-1-2-6-14(12)20(17)22-21-16-11-15-13(10-19(16)31(27,28)29)5-3-7-18(15)30(24,25)26/h1-11,23H,(H,24,25,26)(H,27,28,29). The molecule has 0 saturated heterocycles. The third-order valence-electron chi connectivity index (χ3n) is 4.61. The van der Waals surface area contributed by atoms with Gasteiger partial charge in [-0.15, -0.1) is 10.2 Å². The molecule has 0 saturated carbocycles. The maximum Gasteiger partial charge on any atom is 0.296 e. The number of rotatable bonds is 4. The summed E-state index contributed by atoms with van der Waals surface area (Å²) >= 11 is 0. The van der Waals surface area contributed by atoms with Crippen LogP contribution in [-0.4, -0.2) is 31.0 Å². The van der Waals surface area contributed by atoms with Crippen molar-refractivity contribution < 1.29 is 31.0 Å². The quantitative estimate of drug-likeness (QED) is 0.298. The number of azo groups is 1. The second-order valence-electron chi connectivity index (χ2n) is 6.60. The van der Waals surface area contributed by atoms with E-state index in [-0.39, 0.29) is 27.9 Å². The summed E-state index contributed by atoms with van der Waals surface area (Å²) in [6, 6.07) is 16.0. The maximum absolute atomic E-state index is 11.9. The number of nitrogens with zero attached hydrogens (tertiary/aromatic N) is 2. The number of benzene rings is 4. The van der Waals surface area contributed by atoms with Crippen molar-refractivity contribution in [2.24, 2.45) is 10.2 Å². The van der Waals surface area contributed by atoms with E-state index in [4.69, 9.17) is 0 Å². The predicted molar refractivity (Wildman–Crippen MR) is 113 cm³/mol. The Morgan fingerprint density at radius 2 is 1.32 bits per heavy atom. The summed E-state index contributed by atoms with van der Waals surface area (Å²) in [4.78, 5) is -1.08. The van der Waals surface area contributed by atoms with Gasteiger partial charge in [0.1, 0.15) is 26.9 Å². The fourth-order valence-corrected chi connectivity index (χ4v) is 4.57. The van der Waals surface area contributed by atoms with Crippen molar-refractivity contribution in [3.8, 4) is 5.75 Å². The third-order valence-corrected chi connectivity index (χ3v) is 6.41. The summed E-state index contributed by atoms with van der Waals surface area (Å²) in [7, 11) is -9.38. The molecule has 0 aromatic heterocycles. The molecular weight excluding hydrogens is 444 g/mol. The second kappa shape index (κ2) is 7.39. The lowest BCUT2D eigenvalue weighted by Gasteiger charge is -2.08. The molecule has 0 unspecified atom stereocenters. The highest BCUT2D eigenvalue weighted by atomic mass is 32.2. The summed E-state index contributed by atoms with van der Waals surface area (Å²) in [6.07, 6.45) is 0. The fourth-order valence-electron chi connectivity index (χ4n) is 3.23. The summed E-state index contributed by atoms with van der Waals surface area (Å²) in [5.74, 6) is -0.213. The second-order valence-corrected chi connectivity index (χ2v) is 9.38. The Kier molecular flexibility index (Phi) is 4.98. The highest BCUT2D eigenvalue weighted by Gasteiger charge is 2.21. The molecular formula is C20H14N2O7S2. The van der Waals surface area contributed by atoms with Crippen molar-refractivity contribution in [2.45, 2.75) is 9.79 Å². The molecule has 0 radical (unpaired) electrons. The predicted octanol–water partition coefficient (Wildman–Crippen LogP) is 4.61. The molecule has 4 aromatic carbocycles. The van der Waals surface area contributed by atoms with Crippen LogP contribution in [0.2, 0.25) is 0 Å². The van der Waals surface area contributed by atoms with Crippen LogP contribution in [-0.2, 0) is 20.2 Å². The molecule has 3 N–H and O–H groups in total. The van der Waals surface area contributed by atoms with Crippen LogP contribution in [0.3, 0.4) is 0 Å². The molecule has 9 nitrogen and oxygen atoms in total. The van der Waals surface area contributed by atoms with E-state index < -0.39 is 30.0 Å². The first-order valence-corrected chi connectivity index (χ1v) is 11.6. The van der Waals surface area contributed by atoms with Gasteiger partial charge < -0.3 is 5.11 Å². The molecule has 4 aromatic rings. The Balaban J connectivity index is 2.00. The van der Waals surface area contributed by atoms with E-state index in [9.17, 15) is 31.0 Å². The third kappa shape index (κ3) is 3.99. The topological polar surface area (TPSA) is 154 Å². The zero-order valence-electron chi connectivity index (χ0n) is 15.5. The number of hydrogen-bond acceptors (Lipinski definition) is 7. The van der Waals surface area contributed by atoms with E-state index in [0.29, 0.717) is 5.39 Å². The average molecular weight is 458 g/mol. The molecule has 0 atom stereocenters. The number of phenolic OH excluding ortho intramolecular Hbond substituents is 1. The van der Waals surface area contributed by atoms with Gasteiger partial charge in [0.05, 0.1) is 0 Å². The lowest BCUT2D eigenvalue weighted by atomic mass is 10.1. The maximum atomic E-state index is 11.9. The SMILES string of the molecule is O=S(=O)(O)c1cc2cccc(S(=O)(=O)O)c2cc1N=Nc1c(O)ccc2ccccc12. The Labute approximate surface area is 176 Å². The van der Waals surface area contributed by atoms with Gasteiger partial charge in [-0.25, -0.2) is 0 Å². The molecule has 0 amide bonds. The van der Waals surface area contributed by atoms with Gasteiger partial charge in [0.25, 0.3) is 20.2 Å². The van der Waals surface area contributed by atoms with Gasteiger partial charge in [0.2, 0.25) is 0 Å². The van der Waals surface area contributed by atoms with Crippen LogP contribution in [0.5, 0.6) is 5.75 Å². The van der Waals surface area contributed by atoms with Gasteiger partial charge in [-0.05, 0) is 35.0 Å². The smallest absolute Gasteiger partial charge is 0.296 e. The van der Waals surface area contributed by atoms with E-state index in [0.717, 1.165) is 23.6 Å². The summed E-state index contributed by atoms with van der Waals surface area (Å²) in [6.45, 7) is 0. The van der Waals surface area contributed by atoms with E-state index in [1.807, 2.05) is 0 Å². The minimum absolute atomic E-state index is 0.0199. The van der Waals surface area contributed by atoms with Gasteiger partial charge in [-0.2, -0.15) is 16.8 Å². The van der Waals surface area contributed by atoms with Gasteiger partial charge in [-0.3, -0.25) is 9.11 Å².